The van der Waals surface area contributed by atoms with Crippen molar-refractivity contribution in [1.29, 1.82) is 0 Å². The molecule has 2 N–H and O–H groups in total. The fraction of sp³-hybridized carbons (Fsp3) is 0.562. The number of aryl methyl sites for hydroxylation is 4. The number of ether oxygens (including phenoxy) is 4. The predicted molar refractivity (Wildman–Crippen MR) is 183 cm³/mol. The molecule has 44 heavy (non-hydrogen) atoms. The van der Waals surface area contributed by atoms with E-state index in [9.17, 15) is 19.8 Å². The van der Waals surface area contributed by atoms with Crippen molar-refractivity contribution in [2.75, 3.05) is 60.9 Å². The zero-order chi connectivity index (χ0) is 31.6. The van der Waals surface area contributed by atoms with Crippen molar-refractivity contribution in [3.05, 3.63) is 46.5 Å². The molecule has 242 valence electrons. The molecular weight excluding hydrogens is 641 g/mol. The summed E-state index contributed by atoms with van der Waals surface area (Å²) in [6, 6.07) is 8.18. The number of carbonyl (C=O) groups is 2. The summed E-state index contributed by atoms with van der Waals surface area (Å²) in [6.45, 7) is 7.72. The van der Waals surface area contributed by atoms with Crippen LogP contribution >= 0.6 is 47.0 Å². The molecule has 4 rings (SSSR count). The number of rotatable bonds is 13. The van der Waals surface area contributed by atoms with Crippen LogP contribution in [-0.2, 0) is 19.1 Å². The largest absolute Gasteiger partial charge is 0.490 e. The SMILES string of the molecule is Cc1cc(-c2cc(C)c(OCC(O)COC(=O)C3CSCCS3)c(C)c2)cc(C)c1OCC(O)COC(=O)C1CSCCS1. The van der Waals surface area contributed by atoms with E-state index in [1.165, 1.54) is 0 Å². The van der Waals surface area contributed by atoms with E-state index >= 15 is 0 Å². The summed E-state index contributed by atoms with van der Waals surface area (Å²) >= 11 is 6.71. The zero-order valence-electron chi connectivity index (χ0n) is 25.7. The molecule has 4 unspecified atom stereocenters. The normalized spacial score (nSPS) is 20.0. The standard InChI is InChI=1S/C32H42O8S4/c1-19-9-23(10-20(2)29(19)37-13-25(33)15-39-31(35)27-17-41-5-7-43-27)24-11-21(3)30(22(4)12-24)38-14-26(34)16-40-32(36)28-18-42-6-8-44-28/h9-12,25-28,33-34H,5-8,13-18H2,1-4H3. The molecule has 0 aliphatic carbocycles. The molecule has 4 atom stereocenters. The predicted octanol–water partition coefficient (Wildman–Crippen LogP) is 4.85. The topological polar surface area (TPSA) is 112 Å². The van der Waals surface area contributed by atoms with Crippen LogP contribution in [0.5, 0.6) is 11.5 Å². The van der Waals surface area contributed by atoms with Crippen LogP contribution in [0.4, 0.5) is 0 Å². The lowest BCUT2D eigenvalue weighted by molar-refractivity contribution is -0.146. The monoisotopic (exact) mass is 682 g/mol. The highest BCUT2D eigenvalue weighted by Gasteiger charge is 2.26. The number of esters is 2. The first-order valence-corrected chi connectivity index (χ1v) is 19.1. The maximum atomic E-state index is 12.2. The Morgan fingerprint density at radius 2 is 1.02 bits per heavy atom. The summed E-state index contributed by atoms with van der Waals surface area (Å²) in [5.41, 5.74) is 5.76. The van der Waals surface area contributed by atoms with Gasteiger partial charge in [0.2, 0.25) is 0 Å². The Morgan fingerprint density at radius 1 is 0.659 bits per heavy atom. The Bertz CT molecular complexity index is 1130. The molecule has 12 heteroatoms. The first-order chi connectivity index (χ1) is 21.1. The van der Waals surface area contributed by atoms with E-state index < -0.39 is 12.2 Å². The van der Waals surface area contributed by atoms with Gasteiger partial charge in [0, 0.05) is 34.5 Å². The minimum atomic E-state index is -0.919. The van der Waals surface area contributed by atoms with Crippen LogP contribution in [0.3, 0.4) is 0 Å². The Hall–Kier alpha value is -1.70. The molecule has 0 amide bonds. The molecule has 2 heterocycles. The average Bonchev–Trinajstić information content (AvgIpc) is 3.02. The summed E-state index contributed by atoms with van der Waals surface area (Å²) in [4.78, 5) is 24.5. The van der Waals surface area contributed by atoms with Crippen LogP contribution < -0.4 is 9.47 Å². The van der Waals surface area contributed by atoms with Crippen LogP contribution in [0, 0.1) is 27.7 Å². The van der Waals surface area contributed by atoms with E-state index in [1.807, 2.05) is 52.0 Å². The second-order valence-electron chi connectivity index (χ2n) is 10.9. The highest BCUT2D eigenvalue weighted by atomic mass is 32.2. The van der Waals surface area contributed by atoms with E-state index in [1.54, 1.807) is 47.0 Å². The Balaban J connectivity index is 1.29. The van der Waals surface area contributed by atoms with Gasteiger partial charge in [-0.3, -0.25) is 9.59 Å². The third-order valence-corrected chi connectivity index (χ3v) is 12.6. The van der Waals surface area contributed by atoms with Gasteiger partial charge in [0.05, 0.1) is 0 Å². The van der Waals surface area contributed by atoms with Crippen LogP contribution in [0.2, 0.25) is 0 Å². The number of carbonyl (C=O) groups excluding carboxylic acids is 2. The van der Waals surface area contributed by atoms with Crippen molar-refractivity contribution in [1.82, 2.24) is 0 Å². The van der Waals surface area contributed by atoms with Gasteiger partial charge >= 0.3 is 11.9 Å². The number of aliphatic hydroxyl groups excluding tert-OH is 2. The molecule has 2 aromatic carbocycles. The molecular formula is C32H42O8S4. The zero-order valence-corrected chi connectivity index (χ0v) is 28.9. The van der Waals surface area contributed by atoms with E-state index in [-0.39, 0.29) is 48.9 Å². The van der Waals surface area contributed by atoms with Gasteiger partial charge in [-0.1, -0.05) is 0 Å². The number of benzene rings is 2. The molecule has 8 nitrogen and oxygen atoms in total. The molecule has 0 saturated carbocycles. The van der Waals surface area contributed by atoms with Gasteiger partial charge in [-0.2, -0.15) is 23.5 Å². The van der Waals surface area contributed by atoms with Crippen molar-refractivity contribution >= 4 is 59.0 Å². The summed E-state index contributed by atoms with van der Waals surface area (Å²) in [5.74, 6) is 6.31. The van der Waals surface area contributed by atoms with Crippen LogP contribution in [0.15, 0.2) is 24.3 Å². The number of aliphatic hydroxyl groups is 2. The lowest BCUT2D eigenvalue weighted by Gasteiger charge is -2.21. The van der Waals surface area contributed by atoms with Crippen molar-refractivity contribution < 1.29 is 38.7 Å². The van der Waals surface area contributed by atoms with Gasteiger partial charge in [-0.05, 0) is 85.3 Å². The maximum Gasteiger partial charge on any atom is 0.320 e. The number of hydrogen-bond donors (Lipinski definition) is 2. The van der Waals surface area contributed by atoms with Crippen molar-refractivity contribution in [3.8, 4) is 22.6 Å². The van der Waals surface area contributed by atoms with Gasteiger partial charge in [-0.15, -0.1) is 23.5 Å². The third kappa shape index (κ3) is 10.2. The van der Waals surface area contributed by atoms with E-state index in [4.69, 9.17) is 18.9 Å². The summed E-state index contributed by atoms with van der Waals surface area (Å²) in [6.07, 6.45) is -1.84. The van der Waals surface area contributed by atoms with Crippen molar-refractivity contribution in [2.45, 2.75) is 50.4 Å². The van der Waals surface area contributed by atoms with Gasteiger partial charge in [0.15, 0.2) is 0 Å². The van der Waals surface area contributed by atoms with Gasteiger partial charge in [0.1, 0.15) is 60.6 Å². The minimum Gasteiger partial charge on any atom is -0.490 e. The van der Waals surface area contributed by atoms with Gasteiger partial charge in [0.25, 0.3) is 0 Å². The van der Waals surface area contributed by atoms with Crippen LogP contribution in [0.1, 0.15) is 22.3 Å². The molecule has 0 spiro atoms. The fourth-order valence-corrected chi connectivity index (χ4v) is 10.0. The molecule has 0 radical (unpaired) electrons. The van der Waals surface area contributed by atoms with Gasteiger partial charge in [-0.25, -0.2) is 0 Å². The van der Waals surface area contributed by atoms with Crippen molar-refractivity contribution in [2.24, 2.45) is 0 Å². The Kier molecular flexibility index (Phi) is 13.8. The quantitative estimate of drug-likeness (QED) is 0.282. The second-order valence-corrected chi connectivity index (χ2v) is 15.9. The lowest BCUT2D eigenvalue weighted by atomic mass is 9.96. The summed E-state index contributed by atoms with van der Waals surface area (Å²) in [7, 11) is 0. The Morgan fingerprint density at radius 3 is 1.34 bits per heavy atom. The molecule has 0 aromatic heterocycles. The minimum absolute atomic E-state index is 0.0226. The fourth-order valence-electron chi connectivity index (χ4n) is 4.93. The average molecular weight is 683 g/mol. The Labute approximate surface area is 277 Å². The number of hydrogen-bond acceptors (Lipinski definition) is 12. The van der Waals surface area contributed by atoms with E-state index in [2.05, 4.69) is 0 Å². The first kappa shape index (κ1) is 35.2. The van der Waals surface area contributed by atoms with E-state index in [0.29, 0.717) is 11.5 Å². The molecule has 2 aliphatic heterocycles. The number of thioether (sulfide) groups is 4. The molecule has 2 aliphatic rings. The molecule has 0 bridgehead atoms. The van der Waals surface area contributed by atoms with E-state index in [0.717, 1.165) is 67.9 Å². The second kappa shape index (κ2) is 17.3. The molecule has 2 saturated heterocycles. The van der Waals surface area contributed by atoms with Crippen LogP contribution in [-0.4, -0.2) is 106 Å². The third-order valence-electron chi connectivity index (χ3n) is 7.09. The molecule has 2 aromatic rings. The molecule has 2 fully saturated rings. The maximum absolute atomic E-state index is 12.2. The van der Waals surface area contributed by atoms with Crippen LogP contribution in [0.25, 0.3) is 11.1 Å². The highest BCUT2D eigenvalue weighted by molar-refractivity contribution is 8.07. The summed E-state index contributed by atoms with van der Waals surface area (Å²) < 4.78 is 22.6. The van der Waals surface area contributed by atoms with Gasteiger partial charge < -0.3 is 29.2 Å². The van der Waals surface area contributed by atoms with Crippen molar-refractivity contribution in [3.63, 3.8) is 0 Å². The lowest BCUT2D eigenvalue weighted by Crippen LogP contribution is -2.31. The summed E-state index contributed by atoms with van der Waals surface area (Å²) in [5, 5.41) is 20.4. The highest BCUT2D eigenvalue weighted by Crippen LogP contribution is 2.34. The first-order valence-electron chi connectivity index (χ1n) is 14.7. The smallest absolute Gasteiger partial charge is 0.320 e.